The van der Waals surface area contributed by atoms with Crippen molar-refractivity contribution in [2.45, 2.75) is 18.3 Å². The number of hydrogen-bond acceptors (Lipinski definition) is 5. The van der Waals surface area contributed by atoms with Crippen molar-refractivity contribution in [3.63, 3.8) is 0 Å². The molecule has 0 saturated heterocycles. The van der Waals surface area contributed by atoms with Crippen LogP contribution in [0.4, 0.5) is 13.2 Å². The fraction of sp³-hybridized carbons (Fsp3) is 0.227. The maximum Gasteiger partial charge on any atom is 0.490 e. The molecule has 0 radical (unpaired) electrons. The second kappa shape index (κ2) is 8.69. The lowest BCUT2D eigenvalue weighted by Crippen LogP contribution is -2.40. The lowest BCUT2D eigenvalue weighted by Gasteiger charge is -2.39. The molecule has 0 N–H and O–H groups in total. The number of hydrogen-bond donors (Lipinski definition) is 0. The highest BCUT2D eigenvalue weighted by atomic mass is 35.5. The largest absolute Gasteiger partial charge is 0.490 e. The van der Waals surface area contributed by atoms with E-state index in [-0.39, 0.29) is 23.0 Å². The van der Waals surface area contributed by atoms with E-state index in [1.165, 1.54) is 11.0 Å². The predicted molar refractivity (Wildman–Crippen MR) is 113 cm³/mol. The highest BCUT2D eigenvalue weighted by Gasteiger charge is 2.45. The second-order valence-electron chi connectivity index (χ2n) is 7.35. The monoisotopic (exact) mass is 481 g/mol. The molecular formula is C22H16Cl2F3N3O2. The maximum absolute atomic E-state index is 12.9. The summed E-state index contributed by atoms with van der Waals surface area (Å²) in [7, 11) is 1.57. The van der Waals surface area contributed by atoms with Crippen LogP contribution in [0, 0.1) is 0 Å². The molecule has 1 aliphatic heterocycles. The Hall–Kier alpha value is -2.68. The van der Waals surface area contributed by atoms with Crippen molar-refractivity contribution < 1.29 is 22.7 Å². The average molecular weight is 482 g/mol. The van der Waals surface area contributed by atoms with E-state index < -0.39 is 18.4 Å². The van der Waals surface area contributed by atoms with E-state index in [1.54, 1.807) is 31.7 Å². The number of carbonyl (C=O) groups is 1. The molecule has 1 aliphatic rings. The number of alkyl halides is 3. The molecule has 2 heterocycles. The Morgan fingerprint density at radius 1 is 1.19 bits per heavy atom. The van der Waals surface area contributed by atoms with Gasteiger partial charge in [0.05, 0.1) is 16.9 Å². The topological polar surface area (TPSA) is 55.3 Å². The molecule has 0 amide bonds. The summed E-state index contributed by atoms with van der Waals surface area (Å²) in [4.78, 5) is 21.5. The molecule has 10 heteroatoms. The number of ether oxygens (including phenoxy) is 1. The number of nitrogens with zero attached hydrogens (tertiary/aromatic N) is 3. The summed E-state index contributed by atoms with van der Waals surface area (Å²) in [6.07, 6.45) is -1.62. The molecular weight excluding hydrogens is 466 g/mol. The molecule has 0 aliphatic carbocycles. The van der Waals surface area contributed by atoms with Gasteiger partial charge in [0.1, 0.15) is 0 Å². The summed E-state index contributed by atoms with van der Waals surface area (Å²) in [5.74, 6) is -2.57. The minimum Gasteiger partial charge on any atom is -0.435 e. The zero-order valence-electron chi connectivity index (χ0n) is 16.6. The number of benzene rings is 2. The van der Waals surface area contributed by atoms with Crippen molar-refractivity contribution in [2.24, 2.45) is 0 Å². The van der Waals surface area contributed by atoms with Crippen LogP contribution < -0.4 is 0 Å². The molecule has 0 spiro atoms. The number of aromatic nitrogens is 2. The van der Waals surface area contributed by atoms with Gasteiger partial charge in [-0.3, -0.25) is 14.9 Å². The number of carbonyl (C=O) groups excluding carboxylic acids is 1. The molecule has 2 atom stereocenters. The van der Waals surface area contributed by atoms with Crippen LogP contribution in [-0.2, 0) is 9.53 Å². The first-order valence-electron chi connectivity index (χ1n) is 9.48. The van der Waals surface area contributed by atoms with Gasteiger partial charge in [-0.2, -0.15) is 13.2 Å². The molecule has 32 heavy (non-hydrogen) atoms. The van der Waals surface area contributed by atoms with Crippen LogP contribution in [0.2, 0.25) is 10.0 Å². The Balaban J connectivity index is 1.79. The zero-order chi connectivity index (χ0) is 23.0. The molecule has 5 nitrogen and oxygen atoms in total. The van der Waals surface area contributed by atoms with Gasteiger partial charge in [-0.15, -0.1) is 0 Å². The summed E-state index contributed by atoms with van der Waals surface area (Å²) >= 11 is 12.6. The van der Waals surface area contributed by atoms with Crippen molar-refractivity contribution in [1.82, 2.24) is 14.9 Å². The van der Waals surface area contributed by atoms with Crippen LogP contribution >= 0.6 is 23.2 Å². The second-order valence-corrected chi connectivity index (χ2v) is 8.20. The minimum atomic E-state index is -5.12. The van der Waals surface area contributed by atoms with Crippen LogP contribution in [0.25, 0.3) is 11.3 Å². The molecule has 0 saturated carbocycles. The molecule has 1 aromatic heterocycles. The molecule has 1 unspecified atom stereocenters. The summed E-state index contributed by atoms with van der Waals surface area (Å²) < 4.78 is 43.4. The van der Waals surface area contributed by atoms with Gasteiger partial charge in [-0.1, -0.05) is 41.4 Å². The van der Waals surface area contributed by atoms with Gasteiger partial charge in [0, 0.05) is 41.0 Å². The zero-order valence-corrected chi connectivity index (χ0v) is 18.1. The first-order valence-corrected chi connectivity index (χ1v) is 10.2. The Kier molecular flexibility index (Phi) is 6.11. The molecule has 0 fully saturated rings. The number of rotatable bonds is 3. The van der Waals surface area contributed by atoms with Crippen LogP contribution in [0.15, 0.2) is 55.0 Å². The van der Waals surface area contributed by atoms with Gasteiger partial charge in [0.25, 0.3) is 0 Å². The number of esters is 1. The fourth-order valence-corrected chi connectivity index (χ4v) is 4.42. The first kappa shape index (κ1) is 22.5. The number of halogens is 5. The quantitative estimate of drug-likeness (QED) is 0.453. The Morgan fingerprint density at radius 2 is 1.97 bits per heavy atom. The van der Waals surface area contributed by atoms with Gasteiger partial charge in [0.15, 0.2) is 6.23 Å². The fourth-order valence-electron chi connectivity index (χ4n) is 3.82. The Bertz CT molecular complexity index is 1160. The smallest absolute Gasteiger partial charge is 0.435 e. The summed E-state index contributed by atoms with van der Waals surface area (Å²) in [6, 6.07) is 10.6. The Morgan fingerprint density at radius 3 is 2.66 bits per heavy atom. The SMILES string of the molecule is CN1C[C@@H](c2cccc(-c3cnccn3)c2)c2cc(Cl)cc(Cl)c2C1OC(=O)C(F)(F)F. The third-order valence-corrected chi connectivity index (χ3v) is 5.75. The van der Waals surface area contributed by atoms with Crippen LogP contribution in [0.3, 0.4) is 0 Å². The van der Waals surface area contributed by atoms with Crippen LogP contribution in [0.5, 0.6) is 0 Å². The van der Waals surface area contributed by atoms with Crippen molar-refractivity contribution in [2.75, 3.05) is 13.6 Å². The Labute approximate surface area is 191 Å². The van der Waals surface area contributed by atoms with Gasteiger partial charge in [0.2, 0.25) is 0 Å². The van der Waals surface area contributed by atoms with Gasteiger partial charge in [-0.25, -0.2) is 4.79 Å². The van der Waals surface area contributed by atoms with Crippen molar-refractivity contribution in [1.29, 1.82) is 0 Å². The third kappa shape index (κ3) is 4.44. The highest BCUT2D eigenvalue weighted by Crippen LogP contribution is 2.45. The van der Waals surface area contributed by atoms with Crippen molar-refractivity contribution in [3.05, 3.63) is 81.7 Å². The van der Waals surface area contributed by atoms with E-state index >= 15 is 0 Å². The minimum absolute atomic E-state index is 0.120. The van der Waals surface area contributed by atoms with Crippen LogP contribution in [-0.4, -0.2) is 40.6 Å². The normalized spacial score (nSPS) is 18.8. The van der Waals surface area contributed by atoms with E-state index in [9.17, 15) is 18.0 Å². The number of fused-ring (bicyclic) bond motifs is 1. The number of likely N-dealkylation sites (N-methyl/N-ethyl adjacent to an activating group) is 1. The third-order valence-electron chi connectivity index (χ3n) is 5.22. The van der Waals surface area contributed by atoms with Crippen molar-refractivity contribution >= 4 is 29.2 Å². The van der Waals surface area contributed by atoms with Gasteiger partial charge >= 0.3 is 12.1 Å². The van der Waals surface area contributed by atoms with Gasteiger partial charge < -0.3 is 4.74 Å². The lowest BCUT2D eigenvalue weighted by molar-refractivity contribution is -0.213. The predicted octanol–water partition coefficient (Wildman–Crippen LogP) is 5.63. The lowest BCUT2D eigenvalue weighted by atomic mass is 9.83. The maximum atomic E-state index is 12.9. The summed E-state index contributed by atoms with van der Waals surface area (Å²) in [5, 5.41) is 0.448. The molecule has 2 aromatic carbocycles. The molecule has 0 bridgehead atoms. The molecule has 3 aromatic rings. The molecule has 166 valence electrons. The summed E-state index contributed by atoms with van der Waals surface area (Å²) in [6.45, 7) is 0.267. The first-order chi connectivity index (χ1) is 15.1. The van der Waals surface area contributed by atoms with E-state index in [4.69, 9.17) is 27.9 Å². The molecule has 4 rings (SSSR count). The standard InChI is InChI=1S/C22H16Cl2F3N3O2/c1-30-11-16(12-3-2-4-13(7-12)18-10-28-5-6-29-18)15-8-14(23)9-17(24)19(15)20(30)32-21(31)22(25,26)27/h2-10,16,20H,11H2,1H3/t16-,20?/m0/s1. The van der Waals surface area contributed by atoms with Crippen LogP contribution in [0.1, 0.15) is 28.8 Å². The van der Waals surface area contributed by atoms with E-state index in [1.807, 2.05) is 24.3 Å². The van der Waals surface area contributed by atoms with E-state index in [2.05, 4.69) is 9.97 Å². The highest BCUT2D eigenvalue weighted by molar-refractivity contribution is 6.35. The van der Waals surface area contributed by atoms with E-state index in [0.717, 1.165) is 11.1 Å². The van der Waals surface area contributed by atoms with E-state index in [0.29, 0.717) is 16.3 Å². The van der Waals surface area contributed by atoms with Crippen molar-refractivity contribution in [3.8, 4) is 11.3 Å². The average Bonchev–Trinajstić information content (AvgIpc) is 2.75. The summed E-state index contributed by atoms with van der Waals surface area (Å²) in [5.41, 5.74) is 3.26. The van der Waals surface area contributed by atoms with Gasteiger partial charge in [-0.05, 0) is 36.4 Å².